The van der Waals surface area contributed by atoms with Gasteiger partial charge >= 0.3 is 6.03 Å². The highest BCUT2D eigenvalue weighted by Crippen LogP contribution is 2.63. The first-order valence-electron chi connectivity index (χ1n) is 12.3. The fourth-order valence-electron chi connectivity index (χ4n) is 7.10. The second-order valence-corrected chi connectivity index (χ2v) is 10.4. The van der Waals surface area contributed by atoms with Gasteiger partial charge in [0.25, 0.3) is 0 Å². The molecule has 0 unspecified atom stereocenters. The molecule has 9 heteroatoms. The smallest absolute Gasteiger partial charge is 0.328 e. The summed E-state index contributed by atoms with van der Waals surface area (Å²) >= 11 is 0. The van der Waals surface area contributed by atoms with Gasteiger partial charge in [0.2, 0.25) is 23.6 Å². The minimum Gasteiger partial charge on any atom is -0.508 e. The van der Waals surface area contributed by atoms with Crippen LogP contribution in [0.1, 0.15) is 31.2 Å². The molecule has 2 heterocycles. The SMILES string of the molecule is C[C@@]12C(=O)N(c3ccccc3)C(=O)[C@@H]1C[C@@H]1C(=CC[C@@H]3C(=O)N(C(N)=O)C(=O)[C@@H]31)[C@@H]2c1ccc(O)cc1. The van der Waals surface area contributed by atoms with Crippen molar-refractivity contribution in [2.45, 2.75) is 25.7 Å². The molecule has 0 spiro atoms. The van der Waals surface area contributed by atoms with Crippen LogP contribution in [-0.2, 0) is 19.2 Å². The fraction of sp³-hybridized carbons (Fsp3) is 0.321. The molecule has 6 rings (SSSR count). The Morgan fingerprint density at radius 1 is 0.946 bits per heavy atom. The van der Waals surface area contributed by atoms with Gasteiger partial charge in [0.15, 0.2) is 0 Å². The van der Waals surface area contributed by atoms with Crippen LogP contribution in [0.5, 0.6) is 5.75 Å². The number of aromatic hydroxyl groups is 1. The van der Waals surface area contributed by atoms with Crippen molar-refractivity contribution in [2.24, 2.45) is 34.8 Å². The number of phenols is 1. The number of anilines is 1. The Labute approximate surface area is 212 Å². The van der Waals surface area contributed by atoms with Gasteiger partial charge in [-0.25, -0.2) is 9.69 Å². The monoisotopic (exact) mass is 499 g/mol. The van der Waals surface area contributed by atoms with E-state index < -0.39 is 52.8 Å². The molecule has 2 aromatic carbocycles. The molecule has 6 amide bonds. The van der Waals surface area contributed by atoms with Gasteiger partial charge < -0.3 is 10.8 Å². The van der Waals surface area contributed by atoms with Crippen molar-refractivity contribution in [1.82, 2.24) is 4.90 Å². The van der Waals surface area contributed by atoms with Crippen LogP contribution in [0.4, 0.5) is 10.5 Å². The lowest BCUT2D eigenvalue weighted by atomic mass is 9.51. The maximum atomic E-state index is 14.1. The van der Waals surface area contributed by atoms with Crippen LogP contribution >= 0.6 is 0 Å². The van der Waals surface area contributed by atoms with Gasteiger partial charge in [0.1, 0.15) is 5.75 Å². The largest absolute Gasteiger partial charge is 0.508 e. The van der Waals surface area contributed by atoms with Crippen molar-refractivity contribution in [2.75, 3.05) is 4.90 Å². The standard InChI is InChI=1S/C28H25N3O6/c1-28-20(24(34)30(26(28)36)15-5-3-2-4-6-15)13-19-17(22(28)14-7-9-16(32)10-8-14)11-12-18-21(19)25(35)31(23(18)33)27(29)37/h2-11,18-22,32H,12-13H2,1H3,(H2,29,37)/t18-,19+,20-,21-,22-,28+/m0/s1. The lowest BCUT2D eigenvalue weighted by Gasteiger charge is -2.49. The summed E-state index contributed by atoms with van der Waals surface area (Å²) in [5, 5.41) is 9.92. The average Bonchev–Trinajstić information content (AvgIpc) is 3.25. The third kappa shape index (κ3) is 3.00. The number of hydrogen-bond acceptors (Lipinski definition) is 6. The average molecular weight is 500 g/mol. The number of fused-ring (bicyclic) bond motifs is 4. The maximum absolute atomic E-state index is 14.1. The van der Waals surface area contributed by atoms with E-state index in [2.05, 4.69) is 0 Å². The van der Waals surface area contributed by atoms with Crippen molar-refractivity contribution in [3.8, 4) is 5.75 Å². The van der Waals surface area contributed by atoms with Gasteiger partial charge in [-0.15, -0.1) is 0 Å². The third-order valence-corrected chi connectivity index (χ3v) is 8.74. The van der Waals surface area contributed by atoms with E-state index in [0.717, 1.165) is 11.1 Å². The minimum atomic E-state index is -1.16. The fourth-order valence-corrected chi connectivity index (χ4v) is 7.10. The Bertz CT molecular complexity index is 1400. The number of para-hydroxylation sites is 1. The third-order valence-electron chi connectivity index (χ3n) is 8.74. The summed E-state index contributed by atoms with van der Waals surface area (Å²) in [6.45, 7) is 1.79. The zero-order chi connectivity index (χ0) is 26.2. The first kappa shape index (κ1) is 23.1. The van der Waals surface area contributed by atoms with Gasteiger partial charge in [-0.1, -0.05) is 42.0 Å². The van der Waals surface area contributed by atoms with Gasteiger partial charge in [-0.05, 0) is 55.5 Å². The van der Waals surface area contributed by atoms with Crippen LogP contribution in [0, 0.1) is 29.1 Å². The van der Waals surface area contributed by atoms with Crippen LogP contribution in [0.3, 0.4) is 0 Å². The van der Waals surface area contributed by atoms with Gasteiger partial charge in [-0.3, -0.25) is 19.2 Å². The predicted octanol–water partition coefficient (Wildman–Crippen LogP) is 2.70. The van der Waals surface area contributed by atoms with Crippen LogP contribution in [0.2, 0.25) is 0 Å². The van der Waals surface area contributed by atoms with E-state index in [9.17, 15) is 29.1 Å². The zero-order valence-electron chi connectivity index (χ0n) is 20.0. The van der Waals surface area contributed by atoms with Crippen LogP contribution in [-0.4, -0.2) is 39.7 Å². The Hall–Kier alpha value is -4.27. The number of rotatable bonds is 2. The summed E-state index contributed by atoms with van der Waals surface area (Å²) in [6.07, 6.45) is 2.31. The molecule has 0 aromatic heterocycles. The number of allylic oxidation sites excluding steroid dienone is 2. The second kappa shape index (κ2) is 7.86. The van der Waals surface area contributed by atoms with Crippen molar-refractivity contribution < 1.29 is 29.1 Å². The molecule has 2 aliphatic heterocycles. The molecule has 0 radical (unpaired) electrons. The second-order valence-electron chi connectivity index (χ2n) is 10.4. The molecule has 9 nitrogen and oxygen atoms in total. The van der Waals surface area contributed by atoms with E-state index in [4.69, 9.17) is 5.73 Å². The number of benzene rings is 2. The molecule has 2 aliphatic carbocycles. The summed E-state index contributed by atoms with van der Waals surface area (Å²) in [5.41, 5.74) is 6.20. The highest BCUT2D eigenvalue weighted by Gasteiger charge is 2.67. The molecule has 2 saturated heterocycles. The molecule has 3 N–H and O–H groups in total. The quantitative estimate of drug-likeness (QED) is 0.481. The van der Waals surface area contributed by atoms with E-state index >= 15 is 0 Å². The lowest BCUT2D eigenvalue weighted by Crippen LogP contribution is -2.49. The molecule has 37 heavy (non-hydrogen) atoms. The number of nitrogens with zero attached hydrogens (tertiary/aromatic N) is 2. The number of carbonyl (C=O) groups is 5. The Morgan fingerprint density at radius 3 is 2.27 bits per heavy atom. The molecule has 2 aromatic rings. The van der Waals surface area contributed by atoms with Gasteiger partial charge in [-0.2, -0.15) is 4.90 Å². The number of hydrogen-bond donors (Lipinski definition) is 2. The highest BCUT2D eigenvalue weighted by atomic mass is 16.3. The van der Waals surface area contributed by atoms with E-state index in [1.165, 1.54) is 17.0 Å². The van der Waals surface area contributed by atoms with Crippen molar-refractivity contribution in [1.29, 1.82) is 0 Å². The summed E-state index contributed by atoms with van der Waals surface area (Å²) in [7, 11) is 0. The first-order chi connectivity index (χ1) is 17.7. The number of carbonyl (C=O) groups excluding carboxylic acids is 5. The summed E-state index contributed by atoms with van der Waals surface area (Å²) in [5.74, 6) is -5.33. The topological polar surface area (TPSA) is 138 Å². The predicted molar refractivity (Wildman–Crippen MR) is 131 cm³/mol. The van der Waals surface area contributed by atoms with Crippen LogP contribution < -0.4 is 10.6 Å². The maximum Gasteiger partial charge on any atom is 0.328 e. The van der Waals surface area contributed by atoms with E-state index in [1.807, 2.05) is 6.08 Å². The molecule has 4 aliphatic rings. The number of imide groups is 4. The molecular formula is C28H25N3O6. The summed E-state index contributed by atoms with van der Waals surface area (Å²) < 4.78 is 0. The van der Waals surface area contributed by atoms with E-state index in [1.54, 1.807) is 49.4 Å². The molecule has 188 valence electrons. The normalized spacial score (nSPS) is 32.7. The number of likely N-dealkylation sites (tertiary alicyclic amines) is 1. The molecule has 3 fully saturated rings. The van der Waals surface area contributed by atoms with Crippen LogP contribution in [0.15, 0.2) is 66.2 Å². The first-order valence-corrected chi connectivity index (χ1v) is 12.3. The molecule has 0 bridgehead atoms. The van der Waals surface area contributed by atoms with Gasteiger partial charge in [0, 0.05) is 5.92 Å². The van der Waals surface area contributed by atoms with Crippen molar-refractivity contribution >= 4 is 35.3 Å². The minimum absolute atomic E-state index is 0.0592. The highest BCUT2D eigenvalue weighted by molar-refractivity contribution is 6.24. The summed E-state index contributed by atoms with van der Waals surface area (Å²) in [6, 6.07) is 14.1. The Kier molecular flexibility index (Phi) is 4.92. The number of primary amides is 1. The summed E-state index contributed by atoms with van der Waals surface area (Å²) in [4.78, 5) is 67.9. The van der Waals surface area contributed by atoms with E-state index in [-0.39, 0.29) is 30.4 Å². The molecular weight excluding hydrogens is 474 g/mol. The van der Waals surface area contributed by atoms with Crippen molar-refractivity contribution in [3.63, 3.8) is 0 Å². The Balaban J connectivity index is 1.52. The number of amides is 6. The molecule has 1 saturated carbocycles. The number of nitrogens with two attached hydrogens (primary N) is 1. The lowest BCUT2D eigenvalue weighted by molar-refractivity contribution is -0.136. The van der Waals surface area contributed by atoms with E-state index in [0.29, 0.717) is 10.6 Å². The Morgan fingerprint density at radius 2 is 1.62 bits per heavy atom. The van der Waals surface area contributed by atoms with Crippen molar-refractivity contribution in [3.05, 3.63) is 71.8 Å². The van der Waals surface area contributed by atoms with Crippen LogP contribution in [0.25, 0.3) is 0 Å². The zero-order valence-corrected chi connectivity index (χ0v) is 20.0. The molecule has 6 atom stereocenters. The van der Waals surface area contributed by atoms with Gasteiger partial charge in [0.05, 0.1) is 28.9 Å². The number of urea groups is 1. The number of phenolic OH excluding ortho intramolecular Hbond substituents is 1.